The number of ether oxygens (including phenoxy) is 2. The summed E-state index contributed by atoms with van der Waals surface area (Å²) in [6.07, 6.45) is -2.50. The Morgan fingerprint density at radius 3 is 2.73 bits per heavy atom. The van der Waals surface area contributed by atoms with Crippen LogP contribution < -0.4 is 10.3 Å². The number of nitriles is 1. The summed E-state index contributed by atoms with van der Waals surface area (Å²) in [4.78, 5) is 34.8. The SMILES string of the molecule is COCCN(C)C(=O)Cn1nc(Cc2nc3cc(OCC(F)F)c(C#N)cc3[nH]2)c2ccccc2c1=O. The lowest BCUT2D eigenvalue weighted by Gasteiger charge is -2.17. The zero-order chi connectivity index (χ0) is 26.5. The van der Waals surface area contributed by atoms with E-state index in [2.05, 4.69) is 15.1 Å². The highest BCUT2D eigenvalue weighted by Gasteiger charge is 2.17. The Hall–Kier alpha value is -4.37. The van der Waals surface area contributed by atoms with Gasteiger partial charge in [0.15, 0.2) is 0 Å². The molecule has 0 aliphatic carbocycles. The van der Waals surface area contributed by atoms with Crippen molar-refractivity contribution in [2.24, 2.45) is 0 Å². The molecule has 4 aromatic rings. The molecule has 0 unspecified atom stereocenters. The van der Waals surface area contributed by atoms with Crippen LogP contribution in [0.5, 0.6) is 5.75 Å². The molecule has 0 aliphatic rings. The lowest BCUT2D eigenvalue weighted by molar-refractivity contribution is -0.131. The predicted molar refractivity (Wildman–Crippen MR) is 131 cm³/mol. The average Bonchev–Trinajstić information content (AvgIpc) is 3.28. The number of aromatic amines is 1. The van der Waals surface area contributed by atoms with Crippen LogP contribution in [0.1, 0.15) is 17.1 Å². The van der Waals surface area contributed by atoms with Crippen LogP contribution in [0.25, 0.3) is 21.8 Å². The van der Waals surface area contributed by atoms with Gasteiger partial charge in [0, 0.05) is 32.2 Å². The molecule has 0 saturated heterocycles. The fraction of sp³-hybridized carbons (Fsp3) is 0.320. The molecule has 1 N–H and O–H groups in total. The second-order valence-corrected chi connectivity index (χ2v) is 8.30. The number of aromatic nitrogens is 4. The van der Waals surface area contributed by atoms with E-state index in [0.717, 1.165) is 4.68 Å². The molecule has 0 spiro atoms. The number of benzene rings is 2. The summed E-state index contributed by atoms with van der Waals surface area (Å²) < 4.78 is 36.4. The van der Waals surface area contributed by atoms with Gasteiger partial charge in [-0.15, -0.1) is 0 Å². The molecule has 0 saturated carbocycles. The number of amides is 1. The van der Waals surface area contributed by atoms with E-state index in [0.29, 0.717) is 46.5 Å². The molecule has 2 aromatic heterocycles. The highest BCUT2D eigenvalue weighted by atomic mass is 19.3. The second kappa shape index (κ2) is 11.1. The largest absolute Gasteiger partial charge is 0.486 e. The topological polar surface area (TPSA) is 126 Å². The summed E-state index contributed by atoms with van der Waals surface area (Å²) in [5.41, 5.74) is 1.15. The van der Waals surface area contributed by atoms with Crippen molar-refractivity contribution in [2.75, 3.05) is 33.9 Å². The van der Waals surface area contributed by atoms with Crippen LogP contribution in [-0.4, -0.2) is 70.9 Å². The van der Waals surface area contributed by atoms with Gasteiger partial charge in [-0.2, -0.15) is 10.4 Å². The van der Waals surface area contributed by atoms with Crippen LogP contribution in [0.2, 0.25) is 0 Å². The number of alkyl halides is 2. The van der Waals surface area contributed by atoms with Crippen LogP contribution in [0.3, 0.4) is 0 Å². The maximum absolute atomic E-state index is 13.0. The second-order valence-electron chi connectivity index (χ2n) is 8.30. The molecule has 0 bridgehead atoms. The number of carbonyl (C=O) groups excluding carboxylic acids is 1. The van der Waals surface area contributed by atoms with Gasteiger partial charge in [-0.1, -0.05) is 18.2 Å². The number of hydrogen-bond donors (Lipinski definition) is 1. The Morgan fingerprint density at radius 1 is 1.27 bits per heavy atom. The molecule has 37 heavy (non-hydrogen) atoms. The fourth-order valence-electron chi connectivity index (χ4n) is 3.84. The third-order valence-corrected chi connectivity index (χ3v) is 5.74. The molecule has 12 heteroatoms. The van der Waals surface area contributed by atoms with E-state index < -0.39 is 18.6 Å². The van der Waals surface area contributed by atoms with E-state index in [9.17, 15) is 23.6 Å². The standard InChI is InChI=1S/C25H24F2N6O4/c1-32(7-8-36-2)24(34)13-33-25(35)17-6-4-3-5-16(17)18(31-33)11-23-29-19-9-15(12-28)21(10-20(19)30-23)37-14-22(26)27/h3-6,9-10,22H,7-8,11,13-14H2,1-2H3,(H,29,30). The number of methoxy groups -OCH3 is 1. The van der Waals surface area contributed by atoms with Gasteiger partial charge in [0.2, 0.25) is 5.91 Å². The van der Waals surface area contributed by atoms with Crippen molar-refractivity contribution < 1.29 is 23.0 Å². The van der Waals surface area contributed by atoms with Crippen molar-refractivity contribution in [2.45, 2.75) is 19.4 Å². The average molecular weight is 511 g/mol. The highest BCUT2D eigenvalue weighted by molar-refractivity contribution is 5.85. The number of imidazole rings is 1. The molecular weight excluding hydrogens is 486 g/mol. The van der Waals surface area contributed by atoms with Gasteiger partial charge in [-0.25, -0.2) is 18.4 Å². The Labute approximate surface area is 210 Å². The lowest BCUT2D eigenvalue weighted by atomic mass is 10.1. The summed E-state index contributed by atoms with van der Waals surface area (Å²) in [5, 5.41) is 14.9. The number of nitrogens with one attached hydrogen (secondary N) is 1. The highest BCUT2D eigenvalue weighted by Crippen LogP contribution is 2.26. The van der Waals surface area contributed by atoms with Gasteiger partial charge in [0.25, 0.3) is 12.0 Å². The third kappa shape index (κ3) is 5.73. The molecule has 0 radical (unpaired) electrons. The molecule has 0 aliphatic heterocycles. The molecular formula is C25H24F2N6O4. The molecule has 0 atom stereocenters. The Balaban J connectivity index is 1.69. The third-order valence-electron chi connectivity index (χ3n) is 5.74. The van der Waals surface area contributed by atoms with Crippen molar-refractivity contribution in [1.29, 1.82) is 5.26 Å². The molecule has 192 valence electrons. The van der Waals surface area contributed by atoms with Crippen LogP contribution in [0.15, 0.2) is 41.2 Å². The summed E-state index contributed by atoms with van der Waals surface area (Å²) in [7, 11) is 3.16. The van der Waals surface area contributed by atoms with Gasteiger partial charge < -0.3 is 19.4 Å². The van der Waals surface area contributed by atoms with Crippen molar-refractivity contribution in [1.82, 2.24) is 24.6 Å². The van der Waals surface area contributed by atoms with Crippen molar-refractivity contribution >= 4 is 27.7 Å². The maximum Gasteiger partial charge on any atom is 0.275 e. The van der Waals surface area contributed by atoms with E-state index in [1.54, 1.807) is 31.3 Å². The van der Waals surface area contributed by atoms with E-state index in [1.807, 2.05) is 6.07 Å². The number of likely N-dealkylation sites (N-methyl/N-ethyl adjacent to an activating group) is 1. The first-order chi connectivity index (χ1) is 17.8. The Bertz CT molecular complexity index is 1540. The van der Waals surface area contributed by atoms with E-state index in [4.69, 9.17) is 9.47 Å². The first kappa shape index (κ1) is 25.7. The fourth-order valence-corrected chi connectivity index (χ4v) is 3.84. The van der Waals surface area contributed by atoms with Crippen LogP contribution in [0, 0.1) is 11.3 Å². The van der Waals surface area contributed by atoms with Crippen LogP contribution in [0.4, 0.5) is 8.78 Å². The summed E-state index contributed by atoms with van der Waals surface area (Å²) in [6.45, 7) is -0.346. The zero-order valence-corrected chi connectivity index (χ0v) is 20.2. The quantitative estimate of drug-likeness (QED) is 0.347. The monoisotopic (exact) mass is 510 g/mol. The van der Waals surface area contributed by atoms with Gasteiger partial charge in [0.1, 0.15) is 30.8 Å². The first-order valence-electron chi connectivity index (χ1n) is 11.4. The number of rotatable bonds is 10. The summed E-state index contributed by atoms with van der Waals surface area (Å²) in [5.74, 6) is 0.190. The minimum atomic E-state index is -2.68. The van der Waals surface area contributed by atoms with Crippen molar-refractivity contribution in [3.63, 3.8) is 0 Å². The van der Waals surface area contributed by atoms with Crippen molar-refractivity contribution in [3.05, 3.63) is 63.8 Å². The number of H-pyrrole nitrogens is 1. The van der Waals surface area contributed by atoms with Crippen LogP contribution >= 0.6 is 0 Å². The minimum Gasteiger partial charge on any atom is -0.486 e. The molecule has 4 rings (SSSR count). The summed E-state index contributed by atoms with van der Waals surface area (Å²) >= 11 is 0. The van der Waals surface area contributed by atoms with Gasteiger partial charge in [0.05, 0.1) is 40.7 Å². The van der Waals surface area contributed by atoms with E-state index >= 15 is 0 Å². The smallest absolute Gasteiger partial charge is 0.275 e. The maximum atomic E-state index is 13.0. The van der Waals surface area contributed by atoms with E-state index in [-0.39, 0.29) is 30.2 Å². The molecule has 0 fully saturated rings. The Kier molecular flexibility index (Phi) is 7.74. The normalized spacial score (nSPS) is 11.2. The van der Waals surface area contributed by atoms with E-state index in [1.165, 1.54) is 24.1 Å². The first-order valence-corrected chi connectivity index (χ1v) is 11.4. The predicted octanol–water partition coefficient (Wildman–Crippen LogP) is 2.48. The molecule has 10 nitrogen and oxygen atoms in total. The number of fused-ring (bicyclic) bond motifs is 2. The lowest BCUT2D eigenvalue weighted by Crippen LogP contribution is -2.37. The number of halogens is 2. The van der Waals surface area contributed by atoms with Gasteiger partial charge in [-0.05, 0) is 12.1 Å². The van der Waals surface area contributed by atoms with Crippen LogP contribution in [-0.2, 0) is 22.5 Å². The van der Waals surface area contributed by atoms with Gasteiger partial charge >= 0.3 is 0 Å². The zero-order valence-electron chi connectivity index (χ0n) is 20.2. The number of carbonyl (C=O) groups is 1. The van der Waals surface area contributed by atoms with Gasteiger partial charge in [-0.3, -0.25) is 9.59 Å². The summed E-state index contributed by atoms with van der Waals surface area (Å²) in [6, 6.07) is 11.8. The van der Waals surface area contributed by atoms with Crippen molar-refractivity contribution in [3.8, 4) is 11.8 Å². The molecule has 2 heterocycles. The molecule has 1 amide bonds. The Morgan fingerprint density at radius 2 is 2.03 bits per heavy atom. The number of nitrogens with zero attached hydrogens (tertiary/aromatic N) is 5. The number of hydrogen-bond acceptors (Lipinski definition) is 7. The minimum absolute atomic E-state index is 0.0154. The molecule has 2 aromatic carbocycles.